The Bertz CT molecular complexity index is 1200. The minimum absolute atomic E-state index is 0.221. The van der Waals surface area contributed by atoms with Gasteiger partial charge in [-0.05, 0) is 76.6 Å². The molecule has 0 aliphatic rings. The second-order valence-corrected chi connectivity index (χ2v) is 7.31. The molecule has 1 nitrogen and oxygen atoms in total. The van der Waals surface area contributed by atoms with Crippen molar-refractivity contribution in [1.82, 2.24) is 4.98 Å². The summed E-state index contributed by atoms with van der Waals surface area (Å²) in [5, 5.41) is 1.10. The van der Waals surface area contributed by atoms with Gasteiger partial charge in [0.25, 0.3) is 0 Å². The minimum Gasteiger partial charge on any atom is -0.256 e. The lowest BCUT2D eigenvalue weighted by Crippen LogP contribution is -1.96. The Morgan fingerprint density at radius 2 is 1.60 bits per heavy atom. The number of allylic oxidation sites excluding steroid dienone is 2. The molecular weight excluding hydrogens is 369 g/mol. The number of rotatable bonds is 6. The minimum atomic E-state index is -0.221. The van der Waals surface area contributed by atoms with Crippen molar-refractivity contribution in [2.45, 2.75) is 19.8 Å². The average molecular weight is 394 g/mol. The molecule has 0 bridgehead atoms. The predicted octanol–water partition coefficient (Wildman–Crippen LogP) is 7.47. The molecule has 0 unspecified atom stereocenters. The molecule has 0 N–H and O–H groups in total. The highest BCUT2D eigenvalue weighted by Crippen LogP contribution is 2.35. The molecule has 3 aromatic carbocycles. The van der Waals surface area contributed by atoms with E-state index in [4.69, 9.17) is 0 Å². The molecule has 0 saturated heterocycles. The van der Waals surface area contributed by atoms with Crippen molar-refractivity contribution >= 4 is 22.0 Å². The zero-order chi connectivity index (χ0) is 20.9. The van der Waals surface area contributed by atoms with Crippen LogP contribution in [-0.2, 0) is 6.42 Å². The van der Waals surface area contributed by atoms with Gasteiger partial charge in [0.05, 0.1) is 5.52 Å². The summed E-state index contributed by atoms with van der Waals surface area (Å²) in [6, 6.07) is 25.8. The number of fused-ring (bicyclic) bond motifs is 1. The van der Waals surface area contributed by atoms with Crippen LogP contribution in [0.5, 0.6) is 0 Å². The van der Waals surface area contributed by atoms with Crippen molar-refractivity contribution in [2.24, 2.45) is 0 Å². The third-order valence-corrected chi connectivity index (χ3v) is 5.36. The lowest BCUT2D eigenvalue weighted by molar-refractivity contribution is 0.627. The van der Waals surface area contributed by atoms with Gasteiger partial charge < -0.3 is 0 Å². The fourth-order valence-corrected chi connectivity index (χ4v) is 3.90. The van der Waals surface area contributed by atoms with E-state index in [2.05, 4.69) is 67.0 Å². The van der Waals surface area contributed by atoms with Gasteiger partial charge in [-0.25, -0.2) is 4.39 Å². The fourth-order valence-electron chi connectivity index (χ4n) is 3.90. The number of aromatic nitrogens is 1. The quantitative estimate of drug-likeness (QED) is 0.244. The Balaban J connectivity index is 1.95. The molecule has 2 heteroatoms. The molecule has 1 heterocycles. The SMILES string of the molecule is C=CCc1ccc(/C(=C(/CC)c2ccc(F)cc2)c2ccc3ncccc3c2)cc1. The lowest BCUT2D eigenvalue weighted by atomic mass is 9.87. The van der Waals surface area contributed by atoms with Gasteiger partial charge in [0.1, 0.15) is 5.82 Å². The lowest BCUT2D eigenvalue weighted by Gasteiger charge is -2.17. The van der Waals surface area contributed by atoms with Crippen LogP contribution in [0.15, 0.2) is 97.7 Å². The van der Waals surface area contributed by atoms with Crippen molar-refractivity contribution in [3.63, 3.8) is 0 Å². The van der Waals surface area contributed by atoms with Crippen LogP contribution in [0, 0.1) is 5.82 Å². The number of halogens is 1. The van der Waals surface area contributed by atoms with E-state index >= 15 is 0 Å². The van der Waals surface area contributed by atoms with Gasteiger partial charge in [0.2, 0.25) is 0 Å². The van der Waals surface area contributed by atoms with Crippen molar-refractivity contribution in [1.29, 1.82) is 0 Å². The number of hydrogen-bond acceptors (Lipinski definition) is 1. The van der Waals surface area contributed by atoms with Gasteiger partial charge in [0, 0.05) is 11.6 Å². The largest absolute Gasteiger partial charge is 0.256 e. The first-order valence-corrected chi connectivity index (χ1v) is 10.2. The molecule has 0 fully saturated rings. The zero-order valence-electron chi connectivity index (χ0n) is 17.1. The maximum Gasteiger partial charge on any atom is 0.123 e. The fraction of sp³-hybridized carbons (Fsp3) is 0.107. The maximum atomic E-state index is 13.6. The normalized spacial score (nSPS) is 11.9. The van der Waals surface area contributed by atoms with E-state index in [1.165, 1.54) is 28.8 Å². The second kappa shape index (κ2) is 8.87. The first-order chi connectivity index (χ1) is 14.7. The van der Waals surface area contributed by atoms with Crippen molar-refractivity contribution in [3.8, 4) is 0 Å². The molecule has 0 saturated carbocycles. The Morgan fingerprint density at radius 1 is 0.900 bits per heavy atom. The summed E-state index contributed by atoms with van der Waals surface area (Å²) in [5.74, 6) is -0.221. The first-order valence-electron chi connectivity index (χ1n) is 10.2. The Hall–Kier alpha value is -3.52. The monoisotopic (exact) mass is 393 g/mol. The average Bonchev–Trinajstić information content (AvgIpc) is 2.79. The van der Waals surface area contributed by atoms with Crippen LogP contribution in [0.1, 0.15) is 35.6 Å². The van der Waals surface area contributed by atoms with Crippen molar-refractivity contribution in [3.05, 3.63) is 126 Å². The molecule has 4 aromatic rings. The van der Waals surface area contributed by atoms with E-state index in [1.54, 1.807) is 0 Å². The molecule has 0 radical (unpaired) electrons. The molecule has 1 aromatic heterocycles. The van der Waals surface area contributed by atoms with Gasteiger partial charge in [-0.15, -0.1) is 6.58 Å². The van der Waals surface area contributed by atoms with Gasteiger partial charge in [0.15, 0.2) is 0 Å². The third kappa shape index (κ3) is 4.08. The summed E-state index contributed by atoms with van der Waals surface area (Å²) < 4.78 is 13.6. The van der Waals surface area contributed by atoms with Crippen molar-refractivity contribution in [2.75, 3.05) is 0 Å². The van der Waals surface area contributed by atoms with Gasteiger partial charge in [-0.2, -0.15) is 0 Å². The van der Waals surface area contributed by atoms with E-state index in [9.17, 15) is 4.39 Å². The van der Waals surface area contributed by atoms with E-state index in [-0.39, 0.29) is 5.82 Å². The third-order valence-electron chi connectivity index (χ3n) is 5.36. The van der Waals surface area contributed by atoms with Crippen LogP contribution in [-0.4, -0.2) is 4.98 Å². The summed E-state index contributed by atoms with van der Waals surface area (Å²) in [6.07, 6.45) is 5.41. The van der Waals surface area contributed by atoms with Crippen LogP contribution >= 0.6 is 0 Å². The summed E-state index contributed by atoms with van der Waals surface area (Å²) in [6.45, 7) is 5.98. The van der Waals surface area contributed by atoms with Gasteiger partial charge in [-0.1, -0.05) is 61.5 Å². The number of hydrogen-bond donors (Lipinski definition) is 0. The standard InChI is InChI=1S/C28H24FN/c1-3-6-20-8-10-22(11-9-20)28(26(4-2)21-12-15-25(29)16-13-21)24-14-17-27-23(19-24)7-5-18-30-27/h3,5,7-19H,1,4,6H2,2H3/b28-26+. The number of benzene rings is 3. The highest BCUT2D eigenvalue weighted by Gasteiger charge is 2.14. The van der Waals surface area contributed by atoms with Crippen LogP contribution < -0.4 is 0 Å². The zero-order valence-corrected chi connectivity index (χ0v) is 17.1. The highest BCUT2D eigenvalue weighted by atomic mass is 19.1. The van der Waals surface area contributed by atoms with E-state index in [1.807, 2.05) is 30.5 Å². The van der Waals surface area contributed by atoms with Crippen molar-refractivity contribution < 1.29 is 4.39 Å². The molecule has 148 valence electrons. The van der Waals surface area contributed by atoms with Crippen LogP contribution in [0.4, 0.5) is 4.39 Å². The van der Waals surface area contributed by atoms with E-state index in [0.717, 1.165) is 40.4 Å². The van der Waals surface area contributed by atoms with Gasteiger partial charge >= 0.3 is 0 Å². The molecule has 0 aliphatic heterocycles. The second-order valence-electron chi connectivity index (χ2n) is 7.31. The number of pyridine rings is 1. The molecule has 0 amide bonds. The molecular formula is C28H24FN. The summed E-state index contributed by atoms with van der Waals surface area (Å²) in [4.78, 5) is 4.45. The molecule has 30 heavy (non-hydrogen) atoms. The molecule has 0 aliphatic carbocycles. The van der Waals surface area contributed by atoms with Gasteiger partial charge in [-0.3, -0.25) is 4.98 Å². The molecule has 0 spiro atoms. The van der Waals surface area contributed by atoms with Crippen LogP contribution in [0.25, 0.3) is 22.0 Å². The topological polar surface area (TPSA) is 12.9 Å². The van der Waals surface area contributed by atoms with E-state index < -0.39 is 0 Å². The maximum absolute atomic E-state index is 13.6. The van der Waals surface area contributed by atoms with E-state index in [0.29, 0.717) is 0 Å². The number of nitrogens with zero attached hydrogens (tertiary/aromatic N) is 1. The Labute approximate surface area is 177 Å². The summed E-state index contributed by atoms with van der Waals surface area (Å²) in [7, 11) is 0. The highest BCUT2D eigenvalue weighted by molar-refractivity contribution is 6.00. The summed E-state index contributed by atoms with van der Waals surface area (Å²) >= 11 is 0. The Morgan fingerprint density at radius 3 is 2.30 bits per heavy atom. The Kier molecular flexibility index (Phi) is 5.85. The smallest absolute Gasteiger partial charge is 0.123 e. The predicted molar refractivity (Wildman–Crippen MR) is 125 cm³/mol. The first kappa shape index (κ1) is 19.8. The molecule has 0 atom stereocenters. The van der Waals surface area contributed by atoms with Crippen LogP contribution in [0.2, 0.25) is 0 Å². The summed E-state index contributed by atoms with van der Waals surface area (Å²) in [5.41, 5.74) is 7.88. The van der Waals surface area contributed by atoms with Crippen LogP contribution in [0.3, 0.4) is 0 Å². The molecule has 4 rings (SSSR count).